The average molecular weight is 262 g/mol. The van der Waals surface area contributed by atoms with Gasteiger partial charge in [0.2, 0.25) is 6.41 Å². The largest absolute Gasteiger partial charge is 0.371 e. The van der Waals surface area contributed by atoms with E-state index in [0.29, 0.717) is 26.2 Å². The van der Waals surface area contributed by atoms with Crippen molar-refractivity contribution in [2.45, 2.75) is 24.4 Å². The summed E-state index contributed by atoms with van der Waals surface area (Å²) in [6.07, 6.45) is -1.23. The van der Waals surface area contributed by atoms with Crippen LogP contribution in [0.3, 0.4) is 0 Å². The van der Waals surface area contributed by atoms with E-state index in [0.717, 1.165) is 0 Å². The number of hydrogen-bond acceptors (Lipinski definition) is 7. The standard InChI is InChI=1S/C9H14N2O7/c12-5-10-1-2-15-6-3-16-9-7(18-11(13)14)4-17-8(6)9/h5-9H,1-4H2,(H,10,12)/t6-,7+,8-,9-/m1/s1. The van der Waals surface area contributed by atoms with Crippen LogP contribution in [-0.4, -0.2) is 62.3 Å². The third-order valence-electron chi connectivity index (χ3n) is 2.85. The van der Waals surface area contributed by atoms with Crippen LogP contribution < -0.4 is 5.32 Å². The summed E-state index contributed by atoms with van der Waals surface area (Å²) < 4.78 is 16.3. The van der Waals surface area contributed by atoms with Crippen molar-refractivity contribution in [3.05, 3.63) is 10.1 Å². The monoisotopic (exact) mass is 262 g/mol. The summed E-state index contributed by atoms with van der Waals surface area (Å²) in [5.74, 6) is 0. The van der Waals surface area contributed by atoms with Crippen molar-refractivity contribution < 1.29 is 28.9 Å². The van der Waals surface area contributed by atoms with E-state index in [1.165, 1.54) is 0 Å². The lowest BCUT2D eigenvalue weighted by molar-refractivity contribution is -0.769. The van der Waals surface area contributed by atoms with Crippen molar-refractivity contribution >= 4 is 6.41 Å². The van der Waals surface area contributed by atoms with E-state index < -0.39 is 17.3 Å². The van der Waals surface area contributed by atoms with Crippen LogP contribution >= 0.6 is 0 Å². The molecule has 2 heterocycles. The quantitative estimate of drug-likeness (QED) is 0.257. The van der Waals surface area contributed by atoms with Gasteiger partial charge in [-0.15, -0.1) is 10.1 Å². The van der Waals surface area contributed by atoms with Crippen LogP contribution in [-0.2, 0) is 23.8 Å². The molecule has 0 bridgehead atoms. The van der Waals surface area contributed by atoms with Gasteiger partial charge in [-0.2, -0.15) is 0 Å². The molecule has 0 aromatic heterocycles. The highest BCUT2D eigenvalue weighted by Gasteiger charge is 2.49. The number of rotatable bonds is 7. The third-order valence-corrected chi connectivity index (χ3v) is 2.85. The molecule has 2 fully saturated rings. The second kappa shape index (κ2) is 5.94. The number of carbonyl (C=O) groups excluding carboxylic acids is 1. The summed E-state index contributed by atoms with van der Waals surface area (Å²) in [5.41, 5.74) is 0. The van der Waals surface area contributed by atoms with E-state index in [4.69, 9.17) is 14.2 Å². The number of carbonyl (C=O) groups is 1. The molecule has 0 unspecified atom stereocenters. The molecule has 18 heavy (non-hydrogen) atoms. The molecule has 0 saturated carbocycles. The molecular formula is C9H14N2O7. The first kappa shape index (κ1) is 13.0. The van der Waals surface area contributed by atoms with Crippen LogP contribution in [0.15, 0.2) is 0 Å². The molecule has 1 amide bonds. The number of ether oxygens (including phenoxy) is 3. The van der Waals surface area contributed by atoms with Crippen molar-refractivity contribution in [3.63, 3.8) is 0 Å². The molecule has 0 radical (unpaired) electrons. The zero-order valence-corrected chi connectivity index (χ0v) is 9.52. The fraction of sp³-hybridized carbons (Fsp3) is 0.889. The van der Waals surface area contributed by atoms with Gasteiger partial charge in [0.1, 0.15) is 18.3 Å². The molecule has 2 aliphatic rings. The molecule has 2 rings (SSSR count). The van der Waals surface area contributed by atoms with Crippen LogP contribution in [0, 0.1) is 10.1 Å². The van der Waals surface area contributed by atoms with Gasteiger partial charge in [-0.05, 0) is 0 Å². The highest BCUT2D eigenvalue weighted by atomic mass is 17.0. The van der Waals surface area contributed by atoms with Gasteiger partial charge in [0, 0.05) is 6.54 Å². The molecule has 4 atom stereocenters. The Hall–Kier alpha value is -1.45. The van der Waals surface area contributed by atoms with Crippen LogP contribution in [0.2, 0.25) is 0 Å². The molecular weight excluding hydrogens is 248 g/mol. The summed E-state index contributed by atoms with van der Waals surface area (Å²) >= 11 is 0. The predicted octanol–water partition coefficient (Wildman–Crippen LogP) is -1.51. The van der Waals surface area contributed by atoms with Gasteiger partial charge in [0.25, 0.3) is 5.09 Å². The van der Waals surface area contributed by atoms with E-state index in [1.807, 2.05) is 0 Å². The third kappa shape index (κ3) is 2.86. The second-order valence-electron chi connectivity index (χ2n) is 3.94. The molecule has 9 nitrogen and oxygen atoms in total. The van der Waals surface area contributed by atoms with Gasteiger partial charge in [0.15, 0.2) is 6.10 Å². The molecule has 2 aliphatic heterocycles. The molecule has 0 aromatic rings. The maximum absolute atomic E-state index is 10.3. The highest BCUT2D eigenvalue weighted by molar-refractivity contribution is 5.45. The lowest BCUT2D eigenvalue weighted by atomic mass is 10.1. The number of nitrogens with one attached hydrogen (secondary N) is 1. The predicted molar refractivity (Wildman–Crippen MR) is 55.2 cm³/mol. The Morgan fingerprint density at radius 2 is 2.00 bits per heavy atom. The van der Waals surface area contributed by atoms with Gasteiger partial charge in [-0.3, -0.25) is 4.79 Å². The van der Waals surface area contributed by atoms with Gasteiger partial charge < -0.3 is 24.4 Å². The lowest BCUT2D eigenvalue weighted by Gasteiger charge is -2.16. The van der Waals surface area contributed by atoms with E-state index in [1.54, 1.807) is 0 Å². The minimum absolute atomic E-state index is 0.114. The molecule has 0 aromatic carbocycles. The van der Waals surface area contributed by atoms with Crippen LogP contribution in [0.4, 0.5) is 0 Å². The minimum Gasteiger partial charge on any atom is -0.371 e. The zero-order chi connectivity index (χ0) is 13.0. The fourth-order valence-electron chi connectivity index (χ4n) is 2.10. The molecule has 9 heteroatoms. The Balaban J connectivity index is 1.77. The summed E-state index contributed by atoms with van der Waals surface area (Å²) in [7, 11) is 0. The van der Waals surface area contributed by atoms with Crippen LogP contribution in [0.25, 0.3) is 0 Å². The van der Waals surface area contributed by atoms with E-state index >= 15 is 0 Å². The maximum atomic E-state index is 10.3. The number of amides is 1. The van der Waals surface area contributed by atoms with Gasteiger partial charge in [0.05, 0.1) is 19.8 Å². The molecule has 2 saturated heterocycles. The van der Waals surface area contributed by atoms with E-state index in [2.05, 4.69) is 10.2 Å². The Morgan fingerprint density at radius 1 is 1.33 bits per heavy atom. The summed E-state index contributed by atoms with van der Waals surface area (Å²) in [4.78, 5) is 24.8. The Bertz CT molecular complexity index is 313. The van der Waals surface area contributed by atoms with Crippen molar-refractivity contribution in [3.8, 4) is 0 Å². The van der Waals surface area contributed by atoms with Gasteiger partial charge in [-0.25, -0.2) is 0 Å². The summed E-state index contributed by atoms with van der Waals surface area (Å²) in [6, 6.07) is 0. The van der Waals surface area contributed by atoms with E-state index in [-0.39, 0.29) is 18.8 Å². The molecule has 1 N–H and O–H groups in total. The van der Waals surface area contributed by atoms with Crippen molar-refractivity contribution in [1.82, 2.24) is 5.32 Å². The van der Waals surface area contributed by atoms with Crippen molar-refractivity contribution in [1.29, 1.82) is 0 Å². The molecule has 102 valence electrons. The van der Waals surface area contributed by atoms with E-state index in [9.17, 15) is 14.9 Å². The SMILES string of the molecule is O=CNCCO[C@@H]1CO[C@H]2[C@@H]1OC[C@@H]2O[N+](=O)[O-]. The minimum atomic E-state index is -0.845. The van der Waals surface area contributed by atoms with Gasteiger partial charge >= 0.3 is 0 Å². The zero-order valence-electron chi connectivity index (χ0n) is 9.52. The van der Waals surface area contributed by atoms with Crippen molar-refractivity contribution in [2.75, 3.05) is 26.4 Å². The topological polar surface area (TPSA) is 109 Å². The number of nitrogens with zero attached hydrogens (tertiary/aromatic N) is 1. The Kier molecular flexibility index (Phi) is 4.28. The second-order valence-corrected chi connectivity index (χ2v) is 3.94. The normalized spacial score (nSPS) is 34.0. The van der Waals surface area contributed by atoms with Crippen LogP contribution in [0.5, 0.6) is 0 Å². The Morgan fingerprint density at radius 3 is 2.67 bits per heavy atom. The first-order chi connectivity index (χ1) is 8.72. The first-order valence-corrected chi connectivity index (χ1v) is 5.55. The molecule has 0 aliphatic carbocycles. The lowest BCUT2D eigenvalue weighted by Crippen LogP contribution is -2.35. The first-order valence-electron chi connectivity index (χ1n) is 5.55. The van der Waals surface area contributed by atoms with Gasteiger partial charge in [-0.1, -0.05) is 0 Å². The smallest absolute Gasteiger partial charge is 0.294 e. The fourth-order valence-corrected chi connectivity index (χ4v) is 2.10. The van der Waals surface area contributed by atoms with Crippen molar-refractivity contribution in [2.24, 2.45) is 0 Å². The Labute approximate surface area is 102 Å². The summed E-state index contributed by atoms with van der Waals surface area (Å²) in [5, 5.41) is 11.9. The highest BCUT2D eigenvalue weighted by Crippen LogP contribution is 2.30. The maximum Gasteiger partial charge on any atom is 0.294 e. The molecule has 0 spiro atoms. The number of hydrogen-bond donors (Lipinski definition) is 1. The number of fused-ring (bicyclic) bond motifs is 1. The summed E-state index contributed by atoms with van der Waals surface area (Å²) in [6.45, 7) is 1.14. The van der Waals surface area contributed by atoms with Crippen LogP contribution in [0.1, 0.15) is 0 Å². The average Bonchev–Trinajstić information content (AvgIpc) is 2.88.